The molecule has 17 heavy (non-hydrogen) atoms. The highest BCUT2D eigenvalue weighted by atomic mass is 79.9. The Morgan fingerprint density at radius 3 is 2.41 bits per heavy atom. The van der Waals surface area contributed by atoms with Gasteiger partial charge in [-0.2, -0.15) is 0 Å². The summed E-state index contributed by atoms with van der Waals surface area (Å²) in [5.74, 6) is 0.249. The van der Waals surface area contributed by atoms with E-state index >= 15 is 0 Å². The Balaban J connectivity index is 2.64. The number of benzene rings is 1. The molecule has 0 radical (unpaired) electrons. The second-order valence-electron chi connectivity index (χ2n) is 6.15. The van der Waals surface area contributed by atoms with Crippen molar-refractivity contribution in [3.8, 4) is 0 Å². The van der Waals surface area contributed by atoms with Crippen LogP contribution in [0.5, 0.6) is 0 Å². The summed E-state index contributed by atoms with van der Waals surface area (Å²) < 4.78 is 1.09. The molecule has 0 fully saturated rings. The summed E-state index contributed by atoms with van der Waals surface area (Å²) in [6.45, 7) is 8.73. The number of halogens is 1. The molecule has 1 aliphatic carbocycles. The molecule has 0 amide bonds. The van der Waals surface area contributed by atoms with Crippen LogP contribution in [0.15, 0.2) is 22.7 Å². The summed E-state index contributed by atoms with van der Waals surface area (Å²) >= 11 is 3.54. The fourth-order valence-electron chi connectivity index (χ4n) is 2.83. The highest BCUT2D eigenvalue weighted by Gasteiger charge is 2.43. The normalized spacial score (nSPS) is 27.0. The first-order chi connectivity index (χ1) is 7.77. The van der Waals surface area contributed by atoms with Gasteiger partial charge >= 0.3 is 0 Å². The topological polar surface area (TPSA) is 20.2 Å². The highest BCUT2D eigenvalue weighted by Crippen LogP contribution is 2.48. The SMILES string of the molecule is CC(C)C1(O)CCC(C)(C)c2cc(Br)ccc21. The first-order valence-corrected chi connectivity index (χ1v) is 7.09. The van der Waals surface area contributed by atoms with E-state index in [4.69, 9.17) is 0 Å². The van der Waals surface area contributed by atoms with Crippen molar-refractivity contribution in [3.05, 3.63) is 33.8 Å². The molecule has 1 nitrogen and oxygen atoms in total. The molecular weight excluding hydrogens is 276 g/mol. The van der Waals surface area contributed by atoms with Crippen molar-refractivity contribution in [1.29, 1.82) is 0 Å². The predicted molar refractivity (Wildman–Crippen MR) is 75.1 cm³/mol. The minimum Gasteiger partial charge on any atom is -0.385 e. The monoisotopic (exact) mass is 296 g/mol. The number of aliphatic hydroxyl groups is 1. The van der Waals surface area contributed by atoms with Gasteiger partial charge in [0.25, 0.3) is 0 Å². The lowest BCUT2D eigenvalue weighted by molar-refractivity contribution is -0.0341. The molecule has 0 saturated carbocycles. The fraction of sp³-hybridized carbons (Fsp3) is 0.600. The van der Waals surface area contributed by atoms with Crippen LogP contribution >= 0.6 is 15.9 Å². The van der Waals surface area contributed by atoms with Crippen LogP contribution in [-0.2, 0) is 11.0 Å². The van der Waals surface area contributed by atoms with Gasteiger partial charge in [0, 0.05) is 4.47 Å². The van der Waals surface area contributed by atoms with Gasteiger partial charge in [0.15, 0.2) is 0 Å². The van der Waals surface area contributed by atoms with Crippen molar-refractivity contribution in [1.82, 2.24) is 0 Å². The van der Waals surface area contributed by atoms with E-state index in [1.165, 1.54) is 5.56 Å². The van der Waals surface area contributed by atoms with E-state index in [9.17, 15) is 5.11 Å². The maximum Gasteiger partial charge on any atom is 0.0922 e. The molecule has 1 aromatic carbocycles. The van der Waals surface area contributed by atoms with Gasteiger partial charge in [0.2, 0.25) is 0 Å². The zero-order valence-electron chi connectivity index (χ0n) is 11.0. The van der Waals surface area contributed by atoms with Crippen LogP contribution in [0, 0.1) is 5.92 Å². The van der Waals surface area contributed by atoms with Gasteiger partial charge < -0.3 is 5.11 Å². The van der Waals surface area contributed by atoms with Crippen LogP contribution in [0.4, 0.5) is 0 Å². The maximum absolute atomic E-state index is 10.9. The average molecular weight is 297 g/mol. The Morgan fingerprint density at radius 2 is 1.82 bits per heavy atom. The summed E-state index contributed by atoms with van der Waals surface area (Å²) in [6, 6.07) is 6.29. The van der Waals surface area contributed by atoms with Crippen LogP contribution in [-0.4, -0.2) is 5.11 Å². The van der Waals surface area contributed by atoms with Gasteiger partial charge in [-0.3, -0.25) is 0 Å². The Morgan fingerprint density at radius 1 is 1.18 bits per heavy atom. The maximum atomic E-state index is 10.9. The predicted octanol–water partition coefficient (Wildman–Crippen LogP) is 4.36. The minimum atomic E-state index is -0.661. The Kier molecular flexibility index (Phi) is 3.16. The van der Waals surface area contributed by atoms with Gasteiger partial charge in [-0.1, -0.05) is 49.7 Å². The van der Waals surface area contributed by atoms with Crippen LogP contribution < -0.4 is 0 Å². The third-order valence-electron chi connectivity index (χ3n) is 4.26. The molecule has 0 bridgehead atoms. The number of fused-ring (bicyclic) bond motifs is 1. The van der Waals surface area contributed by atoms with Gasteiger partial charge in [0.1, 0.15) is 0 Å². The quantitative estimate of drug-likeness (QED) is 0.816. The standard InChI is InChI=1S/C15H21BrO/c1-10(2)15(17)8-7-14(3,4)13-9-11(16)5-6-12(13)15/h5-6,9-10,17H,7-8H2,1-4H3. The van der Waals surface area contributed by atoms with E-state index in [-0.39, 0.29) is 11.3 Å². The number of hydrogen-bond acceptors (Lipinski definition) is 1. The first kappa shape index (κ1) is 13.1. The van der Waals surface area contributed by atoms with Crippen molar-refractivity contribution in [2.75, 3.05) is 0 Å². The highest BCUT2D eigenvalue weighted by molar-refractivity contribution is 9.10. The summed E-state index contributed by atoms with van der Waals surface area (Å²) in [4.78, 5) is 0. The van der Waals surface area contributed by atoms with E-state index in [1.54, 1.807) is 0 Å². The summed E-state index contributed by atoms with van der Waals surface area (Å²) in [5.41, 5.74) is 1.90. The first-order valence-electron chi connectivity index (χ1n) is 6.30. The van der Waals surface area contributed by atoms with Gasteiger partial charge in [-0.15, -0.1) is 0 Å². The van der Waals surface area contributed by atoms with Crippen LogP contribution in [0.2, 0.25) is 0 Å². The zero-order chi connectivity index (χ0) is 12.8. The molecule has 2 heteroatoms. The Bertz CT molecular complexity index is 437. The second-order valence-corrected chi connectivity index (χ2v) is 7.07. The van der Waals surface area contributed by atoms with E-state index in [0.29, 0.717) is 0 Å². The molecule has 1 aliphatic rings. The zero-order valence-corrected chi connectivity index (χ0v) is 12.6. The summed E-state index contributed by atoms with van der Waals surface area (Å²) in [5, 5.41) is 10.9. The molecule has 0 saturated heterocycles. The average Bonchev–Trinajstić information content (AvgIpc) is 2.24. The van der Waals surface area contributed by atoms with Gasteiger partial charge in [0.05, 0.1) is 5.60 Å². The molecule has 0 spiro atoms. The van der Waals surface area contributed by atoms with E-state index in [0.717, 1.165) is 22.9 Å². The summed E-state index contributed by atoms with van der Waals surface area (Å²) in [6.07, 6.45) is 1.89. The smallest absolute Gasteiger partial charge is 0.0922 e. The Labute approximate surface area is 112 Å². The molecule has 0 aromatic heterocycles. The van der Waals surface area contributed by atoms with E-state index in [1.807, 2.05) is 6.07 Å². The molecule has 0 aliphatic heterocycles. The van der Waals surface area contributed by atoms with Crippen molar-refractivity contribution in [2.45, 2.75) is 51.6 Å². The van der Waals surface area contributed by atoms with Crippen molar-refractivity contribution in [2.24, 2.45) is 5.92 Å². The fourth-order valence-corrected chi connectivity index (χ4v) is 3.19. The molecular formula is C15H21BrO. The third-order valence-corrected chi connectivity index (χ3v) is 4.76. The van der Waals surface area contributed by atoms with Gasteiger partial charge in [-0.05, 0) is 47.4 Å². The lowest BCUT2D eigenvalue weighted by atomic mass is 9.64. The minimum absolute atomic E-state index is 0.153. The van der Waals surface area contributed by atoms with E-state index in [2.05, 4.69) is 55.8 Å². The number of rotatable bonds is 1. The van der Waals surface area contributed by atoms with Crippen molar-refractivity contribution < 1.29 is 5.11 Å². The van der Waals surface area contributed by atoms with Crippen molar-refractivity contribution >= 4 is 15.9 Å². The van der Waals surface area contributed by atoms with Crippen molar-refractivity contribution in [3.63, 3.8) is 0 Å². The van der Waals surface area contributed by atoms with Crippen LogP contribution in [0.3, 0.4) is 0 Å². The number of hydrogen-bond donors (Lipinski definition) is 1. The molecule has 1 aromatic rings. The summed E-state index contributed by atoms with van der Waals surface area (Å²) in [7, 11) is 0. The second kappa shape index (κ2) is 4.10. The molecule has 1 N–H and O–H groups in total. The molecule has 1 unspecified atom stereocenters. The lowest BCUT2D eigenvalue weighted by Gasteiger charge is -2.44. The largest absolute Gasteiger partial charge is 0.385 e. The molecule has 94 valence electrons. The molecule has 1 atom stereocenters. The molecule has 0 heterocycles. The van der Waals surface area contributed by atoms with Gasteiger partial charge in [-0.25, -0.2) is 0 Å². The Hall–Kier alpha value is -0.340. The van der Waals surface area contributed by atoms with Crippen LogP contribution in [0.1, 0.15) is 51.7 Å². The molecule has 2 rings (SSSR count). The van der Waals surface area contributed by atoms with E-state index < -0.39 is 5.60 Å². The lowest BCUT2D eigenvalue weighted by Crippen LogP contribution is -2.41. The third kappa shape index (κ3) is 2.06. The van der Waals surface area contributed by atoms with Crippen LogP contribution in [0.25, 0.3) is 0 Å².